The van der Waals surface area contributed by atoms with Crippen molar-refractivity contribution in [3.8, 4) is 16.9 Å². The smallest absolute Gasteiger partial charge is 0.322 e. The number of aryl methyl sites for hydroxylation is 1. The summed E-state index contributed by atoms with van der Waals surface area (Å²) in [5.41, 5.74) is 8.87. The van der Waals surface area contributed by atoms with Crippen molar-refractivity contribution in [2.24, 2.45) is 0 Å². The van der Waals surface area contributed by atoms with Crippen molar-refractivity contribution in [1.29, 1.82) is 0 Å². The van der Waals surface area contributed by atoms with Gasteiger partial charge in [0.15, 0.2) is 0 Å². The summed E-state index contributed by atoms with van der Waals surface area (Å²) in [6.07, 6.45) is 7.08. The number of anilines is 1. The molecule has 5 N–H and O–H groups in total. The predicted molar refractivity (Wildman–Crippen MR) is 234 cm³/mol. The summed E-state index contributed by atoms with van der Waals surface area (Å²) < 4.78 is 7.82. The van der Waals surface area contributed by atoms with Crippen LogP contribution in [0.1, 0.15) is 95.0 Å². The van der Waals surface area contributed by atoms with Gasteiger partial charge in [-0.2, -0.15) is 0 Å². The molecule has 328 valence electrons. The number of fused-ring (bicyclic) bond motifs is 1. The van der Waals surface area contributed by atoms with Gasteiger partial charge >= 0.3 is 6.03 Å². The highest BCUT2D eigenvalue weighted by molar-refractivity contribution is 6.06. The lowest BCUT2D eigenvalue weighted by Crippen LogP contribution is -2.52. The van der Waals surface area contributed by atoms with Crippen LogP contribution in [-0.4, -0.2) is 78.9 Å². The molecule has 4 aromatic carbocycles. The summed E-state index contributed by atoms with van der Waals surface area (Å²) in [4.78, 5) is 65.6. The van der Waals surface area contributed by atoms with Crippen LogP contribution in [0.4, 0.5) is 10.5 Å². The molecule has 0 spiro atoms. The topological polar surface area (TPSA) is 200 Å². The Hall–Kier alpha value is -6.91. The molecule has 1 aromatic heterocycles. The summed E-state index contributed by atoms with van der Waals surface area (Å²) in [6.45, 7) is 5.90. The summed E-state index contributed by atoms with van der Waals surface area (Å²) in [5, 5.41) is 26.3. The van der Waals surface area contributed by atoms with Crippen molar-refractivity contribution in [1.82, 2.24) is 40.9 Å². The second kappa shape index (κ2) is 21.3. The highest BCUT2D eigenvalue weighted by Crippen LogP contribution is 2.35. The molecule has 1 unspecified atom stereocenters. The van der Waals surface area contributed by atoms with E-state index in [1.807, 2.05) is 59.4 Å². The minimum Gasteiger partial charge on any atom is -0.494 e. The molecule has 2 aliphatic heterocycles. The van der Waals surface area contributed by atoms with Crippen molar-refractivity contribution >= 4 is 35.3 Å². The van der Waals surface area contributed by atoms with E-state index in [0.29, 0.717) is 62.6 Å². The summed E-state index contributed by atoms with van der Waals surface area (Å²) in [5.74, 6) is -0.761. The maximum Gasteiger partial charge on any atom is 0.322 e. The number of ether oxygens (including phenoxy) is 1. The molecule has 6 amide bonds. The van der Waals surface area contributed by atoms with Gasteiger partial charge in [-0.3, -0.25) is 34.4 Å². The van der Waals surface area contributed by atoms with E-state index in [4.69, 9.17) is 9.94 Å². The SMILES string of the molecule is CCCCN(Cc1ccc(C(=O)NO)cc1)C(=O)Nc1ccc(OCCCCCn2cc(CNCc3ccc(-c4cccc5c4CN(C4CCC(=O)NC4=O)C5=O)cc3)nn2)cc1. The summed E-state index contributed by atoms with van der Waals surface area (Å²) >= 11 is 0. The minimum atomic E-state index is -0.648. The molecule has 0 bridgehead atoms. The zero-order chi connectivity index (χ0) is 44.1. The first kappa shape index (κ1) is 44.2. The van der Waals surface area contributed by atoms with Crippen molar-refractivity contribution in [2.75, 3.05) is 18.5 Å². The number of imide groups is 1. The third-order valence-electron chi connectivity index (χ3n) is 11.2. The molecule has 0 saturated carbocycles. The van der Waals surface area contributed by atoms with E-state index in [2.05, 4.69) is 45.3 Å². The summed E-state index contributed by atoms with van der Waals surface area (Å²) in [7, 11) is 0. The number of benzene rings is 4. The molecule has 0 radical (unpaired) electrons. The fourth-order valence-corrected chi connectivity index (χ4v) is 7.75. The van der Waals surface area contributed by atoms with E-state index in [1.54, 1.807) is 45.6 Å². The number of piperidine rings is 1. The standard InChI is InChI=1S/C47H53N9O7/c1-2-3-24-54(29-33-12-16-35(17-13-33)44(58)52-62)47(61)49-36-18-20-38(21-19-36)63-26-6-4-5-25-55-30-37(51-53-55)28-48-27-32-10-14-34(15-11-32)39-8-7-9-40-41(39)31-56(46(40)60)42-22-23-43(57)50-45(42)59/h7-21,30,42,48,62H,2-6,22-29,31H2,1H3,(H,49,61)(H,52,58)(H,50,57,59). The number of nitrogens with one attached hydrogen (secondary N) is 4. The van der Waals surface area contributed by atoms with E-state index < -0.39 is 17.9 Å². The Morgan fingerprint density at radius 2 is 1.65 bits per heavy atom. The van der Waals surface area contributed by atoms with Crippen LogP contribution in [0.3, 0.4) is 0 Å². The largest absolute Gasteiger partial charge is 0.494 e. The van der Waals surface area contributed by atoms with Gasteiger partial charge in [0.2, 0.25) is 11.8 Å². The Bertz CT molecular complexity index is 2380. The molecule has 16 nitrogen and oxygen atoms in total. The molecule has 2 aliphatic rings. The van der Waals surface area contributed by atoms with Gasteiger partial charge in [0, 0.05) is 68.7 Å². The van der Waals surface area contributed by atoms with Gasteiger partial charge < -0.3 is 25.2 Å². The van der Waals surface area contributed by atoms with Crippen molar-refractivity contribution in [3.63, 3.8) is 0 Å². The van der Waals surface area contributed by atoms with E-state index >= 15 is 0 Å². The molecule has 7 rings (SSSR count). The highest BCUT2D eigenvalue weighted by atomic mass is 16.5. The fourth-order valence-electron chi connectivity index (χ4n) is 7.75. The monoisotopic (exact) mass is 855 g/mol. The van der Waals surface area contributed by atoms with Crippen molar-refractivity contribution < 1.29 is 33.9 Å². The number of aromatic nitrogens is 3. The second-order valence-electron chi connectivity index (χ2n) is 15.8. The molecule has 16 heteroatoms. The lowest BCUT2D eigenvalue weighted by molar-refractivity contribution is -0.136. The Morgan fingerprint density at radius 3 is 2.40 bits per heavy atom. The van der Waals surface area contributed by atoms with Gasteiger partial charge in [-0.25, -0.2) is 10.3 Å². The zero-order valence-electron chi connectivity index (χ0n) is 35.3. The average molecular weight is 856 g/mol. The number of nitrogens with zero attached hydrogens (tertiary/aromatic N) is 5. The van der Waals surface area contributed by atoms with Gasteiger partial charge in [-0.05, 0) is 102 Å². The second-order valence-corrected chi connectivity index (χ2v) is 15.8. The first-order chi connectivity index (χ1) is 30.7. The van der Waals surface area contributed by atoms with Gasteiger partial charge in [-0.15, -0.1) is 5.10 Å². The third kappa shape index (κ3) is 11.5. The number of hydroxylamine groups is 1. The Balaban J connectivity index is 0.785. The van der Waals surface area contributed by atoms with Gasteiger partial charge in [0.1, 0.15) is 11.8 Å². The Morgan fingerprint density at radius 1 is 0.889 bits per heavy atom. The molecule has 1 saturated heterocycles. The minimum absolute atomic E-state index is 0.183. The van der Waals surface area contributed by atoms with E-state index in [9.17, 15) is 24.0 Å². The normalized spacial score (nSPS) is 14.6. The lowest BCUT2D eigenvalue weighted by atomic mass is 9.96. The first-order valence-electron chi connectivity index (χ1n) is 21.5. The van der Waals surface area contributed by atoms with E-state index in [-0.39, 0.29) is 24.3 Å². The number of hydrogen-bond acceptors (Lipinski definition) is 10. The predicted octanol–water partition coefficient (Wildman–Crippen LogP) is 6.20. The molecule has 1 atom stereocenters. The molecular formula is C47H53N9O7. The third-order valence-corrected chi connectivity index (χ3v) is 11.2. The lowest BCUT2D eigenvalue weighted by Gasteiger charge is -2.29. The maximum absolute atomic E-state index is 13.3. The van der Waals surface area contributed by atoms with Crippen LogP contribution >= 0.6 is 0 Å². The fraction of sp³-hybridized carbons (Fsp3) is 0.340. The molecule has 1 fully saturated rings. The quantitative estimate of drug-likeness (QED) is 0.0260. The van der Waals surface area contributed by atoms with Crippen LogP contribution in [0.15, 0.2) is 97.2 Å². The number of urea groups is 1. The number of hydrogen-bond donors (Lipinski definition) is 5. The van der Waals surface area contributed by atoms with E-state index in [1.165, 1.54) is 0 Å². The summed E-state index contributed by atoms with van der Waals surface area (Å²) in [6, 6.07) is 27.1. The number of unbranched alkanes of at least 4 members (excludes halogenated alkanes) is 3. The van der Waals surface area contributed by atoms with Crippen LogP contribution in [0.5, 0.6) is 5.75 Å². The molecule has 3 heterocycles. The first-order valence-corrected chi connectivity index (χ1v) is 21.5. The van der Waals surface area contributed by atoms with E-state index in [0.717, 1.165) is 77.9 Å². The van der Waals surface area contributed by atoms with Crippen LogP contribution < -0.4 is 26.2 Å². The number of rotatable bonds is 20. The van der Waals surface area contributed by atoms with Gasteiger partial charge in [0.25, 0.3) is 11.8 Å². The Kier molecular flexibility index (Phi) is 14.9. The van der Waals surface area contributed by atoms with Gasteiger partial charge in [0.05, 0.1) is 12.3 Å². The zero-order valence-corrected chi connectivity index (χ0v) is 35.3. The van der Waals surface area contributed by atoms with Crippen molar-refractivity contribution in [3.05, 3.63) is 131 Å². The molecule has 0 aliphatic carbocycles. The Labute approximate surface area is 365 Å². The average Bonchev–Trinajstić information content (AvgIpc) is 3.90. The van der Waals surface area contributed by atoms with Crippen LogP contribution in [0.25, 0.3) is 11.1 Å². The van der Waals surface area contributed by atoms with Crippen LogP contribution in [0, 0.1) is 0 Å². The van der Waals surface area contributed by atoms with Crippen molar-refractivity contribution in [2.45, 2.75) is 90.6 Å². The number of carbonyl (C=O) groups is 5. The molecular weight excluding hydrogens is 803 g/mol. The maximum atomic E-state index is 13.3. The van der Waals surface area contributed by atoms with Gasteiger partial charge in [-0.1, -0.05) is 67.1 Å². The molecule has 63 heavy (non-hydrogen) atoms. The van der Waals surface area contributed by atoms with Crippen LogP contribution in [-0.2, 0) is 42.3 Å². The molecule has 5 aromatic rings. The number of amides is 6. The number of carbonyl (C=O) groups excluding carboxylic acids is 5. The highest BCUT2D eigenvalue weighted by Gasteiger charge is 2.39. The van der Waals surface area contributed by atoms with Crippen LogP contribution in [0.2, 0.25) is 0 Å².